The Bertz CT molecular complexity index is 581. The molecule has 1 heterocycles. The first kappa shape index (κ1) is 16.0. The molecule has 2 aromatic rings. The number of hydrogen-bond donors (Lipinski definition) is 1. The van der Waals surface area contributed by atoms with Crippen molar-refractivity contribution in [2.75, 3.05) is 13.7 Å². The smallest absolute Gasteiger partial charge is 0.133 e. The van der Waals surface area contributed by atoms with Crippen LogP contribution in [0.4, 0.5) is 0 Å². The second-order valence-corrected chi connectivity index (χ2v) is 6.32. The standard InChI is InChI=1S/C16H22BrN3O/c1-12(2)9-18-10-16-19-6-7-20(16)11-13-4-5-15(21-3)14(17)8-13/h4-8,12,18H,9-11H2,1-3H3. The Morgan fingerprint density at radius 1 is 1.38 bits per heavy atom. The quantitative estimate of drug-likeness (QED) is 0.830. The molecule has 0 aliphatic rings. The van der Waals surface area contributed by atoms with E-state index in [0.29, 0.717) is 5.92 Å². The van der Waals surface area contributed by atoms with Crippen molar-refractivity contribution in [2.24, 2.45) is 5.92 Å². The van der Waals surface area contributed by atoms with Crippen LogP contribution in [0.3, 0.4) is 0 Å². The van der Waals surface area contributed by atoms with E-state index in [0.717, 1.165) is 35.7 Å². The molecule has 21 heavy (non-hydrogen) atoms. The van der Waals surface area contributed by atoms with Crippen LogP contribution in [0.15, 0.2) is 35.1 Å². The van der Waals surface area contributed by atoms with Crippen molar-refractivity contribution >= 4 is 15.9 Å². The molecule has 1 aromatic carbocycles. The predicted molar refractivity (Wildman–Crippen MR) is 88.6 cm³/mol. The van der Waals surface area contributed by atoms with Gasteiger partial charge in [-0.25, -0.2) is 4.98 Å². The van der Waals surface area contributed by atoms with E-state index in [1.165, 1.54) is 5.56 Å². The molecule has 1 N–H and O–H groups in total. The van der Waals surface area contributed by atoms with E-state index in [4.69, 9.17) is 4.74 Å². The molecule has 4 nitrogen and oxygen atoms in total. The third-order valence-corrected chi connectivity index (χ3v) is 3.83. The van der Waals surface area contributed by atoms with Gasteiger partial charge in [-0.1, -0.05) is 19.9 Å². The lowest BCUT2D eigenvalue weighted by Gasteiger charge is -2.11. The third-order valence-electron chi connectivity index (χ3n) is 3.21. The molecule has 0 spiro atoms. The molecule has 0 aliphatic heterocycles. The van der Waals surface area contributed by atoms with E-state index in [-0.39, 0.29) is 0 Å². The Labute approximate surface area is 134 Å². The van der Waals surface area contributed by atoms with Gasteiger partial charge in [0.25, 0.3) is 0 Å². The Balaban J connectivity index is 2.03. The van der Waals surface area contributed by atoms with Gasteiger partial charge in [0.05, 0.1) is 18.1 Å². The summed E-state index contributed by atoms with van der Waals surface area (Å²) in [5.74, 6) is 2.55. The lowest BCUT2D eigenvalue weighted by molar-refractivity contribution is 0.412. The van der Waals surface area contributed by atoms with Crippen LogP contribution in [-0.4, -0.2) is 23.2 Å². The molecule has 0 saturated heterocycles. The van der Waals surface area contributed by atoms with Gasteiger partial charge in [-0.15, -0.1) is 0 Å². The number of imidazole rings is 1. The second-order valence-electron chi connectivity index (χ2n) is 5.47. The molecule has 1 aromatic heterocycles. The van der Waals surface area contributed by atoms with Gasteiger partial charge in [0.1, 0.15) is 11.6 Å². The summed E-state index contributed by atoms with van der Waals surface area (Å²) < 4.78 is 8.40. The SMILES string of the molecule is COc1ccc(Cn2ccnc2CNCC(C)C)cc1Br. The molecular formula is C16H22BrN3O. The first-order valence-electron chi connectivity index (χ1n) is 7.13. The van der Waals surface area contributed by atoms with Crippen LogP contribution in [0.25, 0.3) is 0 Å². The Morgan fingerprint density at radius 2 is 2.19 bits per heavy atom. The van der Waals surface area contributed by atoms with Gasteiger partial charge in [0.2, 0.25) is 0 Å². The molecular weight excluding hydrogens is 330 g/mol. The van der Waals surface area contributed by atoms with Gasteiger partial charge >= 0.3 is 0 Å². The molecule has 0 aliphatic carbocycles. The summed E-state index contributed by atoms with van der Waals surface area (Å²) in [5.41, 5.74) is 1.21. The lowest BCUT2D eigenvalue weighted by Crippen LogP contribution is -2.21. The highest BCUT2D eigenvalue weighted by Crippen LogP contribution is 2.25. The van der Waals surface area contributed by atoms with E-state index in [9.17, 15) is 0 Å². The second kappa shape index (κ2) is 7.61. The van der Waals surface area contributed by atoms with Crippen LogP contribution in [-0.2, 0) is 13.1 Å². The molecule has 114 valence electrons. The van der Waals surface area contributed by atoms with Crippen molar-refractivity contribution in [1.29, 1.82) is 0 Å². The summed E-state index contributed by atoms with van der Waals surface area (Å²) in [6, 6.07) is 6.14. The average molecular weight is 352 g/mol. The van der Waals surface area contributed by atoms with Crippen molar-refractivity contribution in [2.45, 2.75) is 26.9 Å². The van der Waals surface area contributed by atoms with Gasteiger partial charge in [-0.05, 0) is 46.1 Å². The number of halogens is 1. The van der Waals surface area contributed by atoms with Crippen LogP contribution >= 0.6 is 15.9 Å². The van der Waals surface area contributed by atoms with E-state index in [1.54, 1.807) is 7.11 Å². The number of nitrogens with zero attached hydrogens (tertiary/aromatic N) is 2. The minimum atomic E-state index is 0.644. The van der Waals surface area contributed by atoms with Crippen molar-refractivity contribution in [3.63, 3.8) is 0 Å². The highest BCUT2D eigenvalue weighted by atomic mass is 79.9. The fourth-order valence-electron chi connectivity index (χ4n) is 2.13. The molecule has 0 bridgehead atoms. The summed E-state index contributed by atoms with van der Waals surface area (Å²) in [6.07, 6.45) is 3.87. The van der Waals surface area contributed by atoms with Crippen LogP contribution < -0.4 is 10.1 Å². The third kappa shape index (κ3) is 4.58. The van der Waals surface area contributed by atoms with Gasteiger partial charge in [-0.2, -0.15) is 0 Å². The van der Waals surface area contributed by atoms with E-state index in [1.807, 2.05) is 18.5 Å². The predicted octanol–water partition coefficient (Wildman–Crippen LogP) is 3.45. The zero-order chi connectivity index (χ0) is 15.2. The molecule has 0 radical (unpaired) electrons. The largest absolute Gasteiger partial charge is 0.496 e. The van der Waals surface area contributed by atoms with E-state index < -0.39 is 0 Å². The highest BCUT2D eigenvalue weighted by molar-refractivity contribution is 9.10. The molecule has 0 unspecified atom stereocenters. The normalized spacial score (nSPS) is 11.1. The van der Waals surface area contributed by atoms with E-state index >= 15 is 0 Å². The van der Waals surface area contributed by atoms with Crippen molar-refractivity contribution < 1.29 is 4.74 Å². The van der Waals surface area contributed by atoms with Gasteiger partial charge < -0.3 is 14.6 Å². The summed E-state index contributed by atoms with van der Waals surface area (Å²) in [6.45, 7) is 7.01. The molecule has 0 atom stereocenters. The van der Waals surface area contributed by atoms with E-state index in [2.05, 4.69) is 56.8 Å². The molecule has 2 rings (SSSR count). The van der Waals surface area contributed by atoms with Crippen LogP contribution in [0, 0.1) is 5.92 Å². The van der Waals surface area contributed by atoms with Gasteiger partial charge in [0.15, 0.2) is 0 Å². The summed E-state index contributed by atoms with van der Waals surface area (Å²) in [5, 5.41) is 3.43. The fourth-order valence-corrected chi connectivity index (χ4v) is 2.72. The first-order chi connectivity index (χ1) is 10.1. The lowest BCUT2D eigenvalue weighted by atomic mass is 10.2. The van der Waals surface area contributed by atoms with Crippen molar-refractivity contribution in [1.82, 2.24) is 14.9 Å². The zero-order valence-electron chi connectivity index (χ0n) is 12.8. The molecule has 5 heteroatoms. The monoisotopic (exact) mass is 351 g/mol. The topological polar surface area (TPSA) is 39.1 Å². The van der Waals surface area contributed by atoms with Crippen molar-refractivity contribution in [3.05, 3.63) is 46.5 Å². The molecule has 0 fully saturated rings. The Kier molecular flexibility index (Phi) is 5.82. The average Bonchev–Trinajstić information content (AvgIpc) is 2.86. The number of aromatic nitrogens is 2. The number of benzene rings is 1. The minimum Gasteiger partial charge on any atom is -0.496 e. The Morgan fingerprint density at radius 3 is 2.86 bits per heavy atom. The number of methoxy groups -OCH3 is 1. The van der Waals surface area contributed by atoms with Gasteiger partial charge in [0, 0.05) is 18.9 Å². The summed E-state index contributed by atoms with van der Waals surface area (Å²) in [7, 11) is 1.67. The molecule has 0 amide bonds. The summed E-state index contributed by atoms with van der Waals surface area (Å²) in [4.78, 5) is 4.43. The zero-order valence-corrected chi connectivity index (χ0v) is 14.4. The molecule has 0 saturated carbocycles. The van der Waals surface area contributed by atoms with Gasteiger partial charge in [-0.3, -0.25) is 0 Å². The number of rotatable bonds is 7. The highest BCUT2D eigenvalue weighted by Gasteiger charge is 2.06. The maximum absolute atomic E-state index is 5.26. The number of nitrogens with one attached hydrogen (secondary N) is 1. The Hall–Kier alpha value is -1.33. The van der Waals surface area contributed by atoms with Crippen LogP contribution in [0.2, 0.25) is 0 Å². The summed E-state index contributed by atoms with van der Waals surface area (Å²) >= 11 is 3.53. The maximum Gasteiger partial charge on any atom is 0.133 e. The number of ether oxygens (including phenoxy) is 1. The first-order valence-corrected chi connectivity index (χ1v) is 7.92. The maximum atomic E-state index is 5.26. The fraction of sp³-hybridized carbons (Fsp3) is 0.438. The van der Waals surface area contributed by atoms with Crippen LogP contribution in [0.1, 0.15) is 25.2 Å². The van der Waals surface area contributed by atoms with Crippen LogP contribution in [0.5, 0.6) is 5.75 Å². The van der Waals surface area contributed by atoms with Crippen molar-refractivity contribution in [3.8, 4) is 5.75 Å². The number of hydrogen-bond acceptors (Lipinski definition) is 3. The minimum absolute atomic E-state index is 0.644.